The monoisotopic (exact) mass is 335 g/mol. The van der Waals surface area contributed by atoms with Crippen LogP contribution in [-0.4, -0.2) is 27.3 Å². The molecule has 0 aliphatic heterocycles. The third kappa shape index (κ3) is 2.88. The Labute approximate surface area is 136 Å². The van der Waals surface area contributed by atoms with E-state index in [2.05, 4.69) is 25.5 Å². The van der Waals surface area contributed by atoms with Crippen LogP contribution in [0, 0.1) is 0 Å². The van der Waals surface area contributed by atoms with Gasteiger partial charge in [0.05, 0.1) is 12.1 Å². The summed E-state index contributed by atoms with van der Waals surface area (Å²) >= 11 is 12.1. The number of ether oxygens (including phenoxy) is 1. The van der Waals surface area contributed by atoms with Crippen LogP contribution in [0.5, 0.6) is 5.75 Å². The lowest BCUT2D eigenvalue weighted by Crippen LogP contribution is -2.05. The van der Waals surface area contributed by atoms with Gasteiger partial charge in [0.2, 0.25) is 0 Å². The van der Waals surface area contributed by atoms with Crippen molar-refractivity contribution in [2.24, 2.45) is 0 Å². The van der Waals surface area contributed by atoms with Gasteiger partial charge in [0.25, 0.3) is 0 Å². The fraction of sp³-hybridized carbons (Fsp3) is 0.143. The second kappa shape index (κ2) is 6.29. The van der Waals surface area contributed by atoms with Gasteiger partial charge in [0, 0.05) is 18.9 Å². The molecule has 0 fully saturated rings. The zero-order valence-corrected chi connectivity index (χ0v) is 13.1. The number of benzene rings is 1. The van der Waals surface area contributed by atoms with E-state index in [0.717, 1.165) is 5.56 Å². The predicted molar refractivity (Wildman–Crippen MR) is 85.5 cm³/mol. The largest absolute Gasteiger partial charge is 0.495 e. The van der Waals surface area contributed by atoms with Crippen molar-refractivity contribution in [1.29, 1.82) is 0 Å². The van der Waals surface area contributed by atoms with Gasteiger partial charge >= 0.3 is 0 Å². The molecule has 0 spiro atoms. The number of methoxy groups -OCH3 is 1. The molecule has 0 radical (unpaired) electrons. The van der Waals surface area contributed by atoms with Gasteiger partial charge in [-0.1, -0.05) is 29.3 Å². The summed E-state index contributed by atoms with van der Waals surface area (Å²) < 4.78 is 5.13. The first-order chi connectivity index (χ1) is 10.7. The number of halogens is 2. The molecule has 1 aromatic carbocycles. The molecular formula is C14H11Cl2N5O. The molecular weight excluding hydrogens is 325 g/mol. The standard InChI is InChI=1S/C14H11Cl2N5O/c1-22-10-3-2-8(6-9(10)15)7-19-14-12-11(13(16)20-21-14)17-4-5-18-12/h2-6H,7H2,1H3,(H,19,21). The minimum Gasteiger partial charge on any atom is -0.495 e. The molecule has 0 aliphatic rings. The summed E-state index contributed by atoms with van der Waals surface area (Å²) in [5.41, 5.74) is 2.05. The molecule has 22 heavy (non-hydrogen) atoms. The van der Waals surface area contributed by atoms with Crippen molar-refractivity contribution in [1.82, 2.24) is 20.2 Å². The molecule has 6 nitrogen and oxygen atoms in total. The maximum atomic E-state index is 6.11. The molecule has 2 heterocycles. The summed E-state index contributed by atoms with van der Waals surface area (Å²) in [7, 11) is 1.58. The van der Waals surface area contributed by atoms with Crippen molar-refractivity contribution in [2.75, 3.05) is 12.4 Å². The van der Waals surface area contributed by atoms with E-state index >= 15 is 0 Å². The SMILES string of the molecule is COc1ccc(CNc2nnc(Cl)c3nccnc23)cc1Cl. The third-order valence-corrected chi connectivity index (χ3v) is 3.58. The van der Waals surface area contributed by atoms with Gasteiger partial charge < -0.3 is 10.1 Å². The highest BCUT2D eigenvalue weighted by Gasteiger charge is 2.10. The van der Waals surface area contributed by atoms with Crippen LogP contribution >= 0.6 is 23.2 Å². The van der Waals surface area contributed by atoms with Crippen LogP contribution in [0.25, 0.3) is 11.0 Å². The Morgan fingerprint density at radius 3 is 2.59 bits per heavy atom. The van der Waals surface area contributed by atoms with Crippen LogP contribution in [0.4, 0.5) is 5.82 Å². The zero-order valence-electron chi connectivity index (χ0n) is 11.5. The average Bonchev–Trinajstić information content (AvgIpc) is 2.55. The van der Waals surface area contributed by atoms with E-state index in [0.29, 0.717) is 34.2 Å². The zero-order chi connectivity index (χ0) is 15.5. The second-order valence-corrected chi connectivity index (χ2v) is 5.18. The smallest absolute Gasteiger partial charge is 0.179 e. The van der Waals surface area contributed by atoms with Gasteiger partial charge in [-0.2, -0.15) is 0 Å². The molecule has 0 unspecified atom stereocenters. The number of hydrogen-bond donors (Lipinski definition) is 1. The average molecular weight is 336 g/mol. The molecule has 112 valence electrons. The molecule has 0 saturated heterocycles. The molecule has 2 aromatic heterocycles. The number of nitrogens with one attached hydrogen (secondary N) is 1. The molecule has 1 N–H and O–H groups in total. The lowest BCUT2D eigenvalue weighted by atomic mass is 10.2. The lowest BCUT2D eigenvalue weighted by molar-refractivity contribution is 0.415. The van der Waals surface area contributed by atoms with Crippen LogP contribution in [0.1, 0.15) is 5.56 Å². The van der Waals surface area contributed by atoms with E-state index < -0.39 is 0 Å². The number of fused-ring (bicyclic) bond motifs is 1. The Morgan fingerprint density at radius 1 is 1.09 bits per heavy atom. The first kappa shape index (κ1) is 14.7. The fourth-order valence-corrected chi connectivity index (χ4v) is 2.43. The summed E-state index contributed by atoms with van der Waals surface area (Å²) in [6.07, 6.45) is 3.14. The molecule has 0 bridgehead atoms. The van der Waals surface area contributed by atoms with Crippen LogP contribution in [0.3, 0.4) is 0 Å². The van der Waals surface area contributed by atoms with E-state index in [1.54, 1.807) is 19.5 Å². The number of anilines is 1. The van der Waals surface area contributed by atoms with Crippen LogP contribution in [0.15, 0.2) is 30.6 Å². The molecule has 8 heteroatoms. The lowest BCUT2D eigenvalue weighted by Gasteiger charge is -2.09. The highest BCUT2D eigenvalue weighted by molar-refractivity contribution is 6.33. The molecule has 0 aliphatic carbocycles. The number of hydrogen-bond acceptors (Lipinski definition) is 6. The van der Waals surface area contributed by atoms with Gasteiger partial charge in [0.15, 0.2) is 11.0 Å². The Bertz CT molecular complexity index is 827. The van der Waals surface area contributed by atoms with Crippen LogP contribution in [0.2, 0.25) is 10.2 Å². The Kier molecular flexibility index (Phi) is 4.22. The number of rotatable bonds is 4. The second-order valence-electron chi connectivity index (χ2n) is 4.42. The maximum Gasteiger partial charge on any atom is 0.179 e. The van der Waals surface area contributed by atoms with Gasteiger partial charge in [-0.3, -0.25) is 0 Å². The van der Waals surface area contributed by atoms with Crippen molar-refractivity contribution in [2.45, 2.75) is 6.54 Å². The fourth-order valence-electron chi connectivity index (χ4n) is 1.98. The van der Waals surface area contributed by atoms with Crippen molar-refractivity contribution in [3.63, 3.8) is 0 Å². The normalized spacial score (nSPS) is 10.7. The maximum absolute atomic E-state index is 6.11. The van der Waals surface area contributed by atoms with E-state index in [4.69, 9.17) is 27.9 Å². The number of nitrogens with zero attached hydrogens (tertiary/aromatic N) is 4. The minimum absolute atomic E-state index is 0.223. The van der Waals surface area contributed by atoms with Crippen molar-refractivity contribution >= 4 is 40.1 Å². The van der Waals surface area contributed by atoms with Gasteiger partial charge in [-0.15, -0.1) is 10.2 Å². The van der Waals surface area contributed by atoms with E-state index in [9.17, 15) is 0 Å². The minimum atomic E-state index is 0.223. The summed E-state index contributed by atoms with van der Waals surface area (Å²) in [6.45, 7) is 0.506. The molecule has 3 aromatic rings. The van der Waals surface area contributed by atoms with Crippen LogP contribution < -0.4 is 10.1 Å². The Hall–Kier alpha value is -2.18. The van der Waals surface area contributed by atoms with Crippen molar-refractivity contribution in [3.8, 4) is 5.75 Å². The first-order valence-electron chi connectivity index (χ1n) is 6.38. The molecule has 0 saturated carbocycles. The summed E-state index contributed by atoms with van der Waals surface area (Å²) in [4.78, 5) is 8.40. The first-order valence-corrected chi connectivity index (χ1v) is 7.14. The van der Waals surface area contributed by atoms with Gasteiger partial charge in [0.1, 0.15) is 16.8 Å². The van der Waals surface area contributed by atoms with Crippen LogP contribution in [-0.2, 0) is 6.54 Å². The molecule has 0 amide bonds. The van der Waals surface area contributed by atoms with E-state index in [1.807, 2.05) is 18.2 Å². The summed E-state index contributed by atoms with van der Waals surface area (Å²) in [5.74, 6) is 1.15. The van der Waals surface area contributed by atoms with E-state index in [1.165, 1.54) is 0 Å². The molecule has 3 rings (SSSR count). The molecule has 0 atom stereocenters. The third-order valence-electron chi connectivity index (χ3n) is 3.03. The quantitative estimate of drug-likeness (QED) is 0.788. The van der Waals surface area contributed by atoms with Gasteiger partial charge in [-0.05, 0) is 17.7 Å². The van der Waals surface area contributed by atoms with Gasteiger partial charge in [-0.25, -0.2) is 9.97 Å². The predicted octanol–water partition coefficient (Wildman–Crippen LogP) is 3.35. The summed E-state index contributed by atoms with van der Waals surface area (Å²) in [5, 5.41) is 11.8. The number of aromatic nitrogens is 4. The Morgan fingerprint density at radius 2 is 1.86 bits per heavy atom. The van der Waals surface area contributed by atoms with E-state index in [-0.39, 0.29) is 5.15 Å². The highest BCUT2D eigenvalue weighted by Crippen LogP contribution is 2.26. The topological polar surface area (TPSA) is 72.8 Å². The highest BCUT2D eigenvalue weighted by atomic mass is 35.5. The Balaban J connectivity index is 1.85. The van der Waals surface area contributed by atoms with Crippen molar-refractivity contribution in [3.05, 3.63) is 46.3 Å². The summed E-state index contributed by atoms with van der Waals surface area (Å²) in [6, 6.07) is 5.55. The van der Waals surface area contributed by atoms with Crippen molar-refractivity contribution < 1.29 is 4.74 Å².